The van der Waals surface area contributed by atoms with Crippen molar-refractivity contribution in [3.05, 3.63) is 53.1 Å². The van der Waals surface area contributed by atoms with Gasteiger partial charge in [-0.25, -0.2) is 0 Å². The highest BCUT2D eigenvalue weighted by molar-refractivity contribution is 5.95. The summed E-state index contributed by atoms with van der Waals surface area (Å²) in [5.74, 6) is 0.127. The monoisotopic (exact) mass is 326 g/mol. The maximum Gasteiger partial charge on any atom is 0.255 e. The summed E-state index contributed by atoms with van der Waals surface area (Å²) in [5, 5.41) is 3.35. The van der Waals surface area contributed by atoms with Crippen LogP contribution >= 0.6 is 0 Å². The predicted octanol–water partition coefficient (Wildman–Crippen LogP) is 2.37. The molecule has 5 nitrogen and oxygen atoms in total. The molecule has 0 saturated carbocycles. The quantitative estimate of drug-likeness (QED) is 0.938. The number of carbonyl (C=O) groups excluding carboxylic acids is 1. The maximum absolute atomic E-state index is 13.0. The maximum atomic E-state index is 13.0. The number of hydrogen-bond acceptors (Lipinski definition) is 3. The van der Waals surface area contributed by atoms with Crippen LogP contribution in [0.4, 0.5) is 0 Å². The Kier molecular flexibility index (Phi) is 5.00. The number of nitrogens with one attached hydrogen (secondary N) is 1. The summed E-state index contributed by atoms with van der Waals surface area (Å²) >= 11 is 0. The van der Waals surface area contributed by atoms with Gasteiger partial charge in [0.2, 0.25) is 0 Å². The van der Waals surface area contributed by atoms with Gasteiger partial charge in [0.25, 0.3) is 5.91 Å². The average Bonchev–Trinajstić information content (AvgIpc) is 2.90. The molecule has 5 heteroatoms. The number of nitrogens with zero attached hydrogens (tertiary/aromatic N) is 3. The van der Waals surface area contributed by atoms with Crippen molar-refractivity contribution in [3.63, 3.8) is 0 Å². The minimum Gasteiger partial charge on any atom is -0.342 e. The number of pyridine rings is 1. The second-order valence-corrected chi connectivity index (χ2v) is 6.59. The SMILES string of the molecule is Cc1cc(C(=O)N(C)C2CCNCC2)c(C)n1Cc1ccccn1. The standard InChI is InChI=1S/C19H26N4O/c1-14-12-18(19(24)22(3)17-7-10-20-11-8-17)15(2)23(14)13-16-6-4-5-9-21-16/h4-6,9,12,17,20H,7-8,10-11,13H2,1-3H3. The lowest BCUT2D eigenvalue weighted by Gasteiger charge is -2.31. The molecule has 0 aliphatic carbocycles. The Bertz CT molecular complexity index is 702. The molecule has 1 fully saturated rings. The molecular weight excluding hydrogens is 300 g/mol. The van der Waals surface area contributed by atoms with Gasteiger partial charge in [0.05, 0.1) is 17.8 Å². The molecule has 0 radical (unpaired) electrons. The van der Waals surface area contributed by atoms with E-state index in [1.54, 1.807) is 6.20 Å². The second-order valence-electron chi connectivity index (χ2n) is 6.59. The highest BCUT2D eigenvalue weighted by atomic mass is 16.2. The Morgan fingerprint density at radius 3 is 2.75 bits per heavy atom. The van der Waals surface area contributed by atoms with E-state index in [9.17, 15) is 4.79 Å². The second kappa shape index (κ2) is 7.18. The van der Waals surface area contributed by atoms with Gasteiger partial charge in [-0.1, -0.05) is 6.07 Å². The molecule has 2 aromatic heterocycles. The smallest absolute Gasteiger partial charge is 0.255 e. The van der Waals surface area contributed by atoms with Gasteiger partial charge in [-0.2, -0.15) is 0 Å². The van der Waals surface area contributed by atoms with Gasteiger partial charge >= 0.3 is 0 Å². The van der Waals surface area contributed by atoms with Crippen LogP contribution in [-0.4, -0.2) is 46.5 Å². The van der Waals surface area contributed by atoms with Crippen molar-refractivity contribution in [1.82, 2.24) is 19.8 Å². The Balaban J connectivity index is 1.81. The van der Waals surface area contributed by atoms with Crippen LogP contribution in [0, 0.1) is 13.8 Å². The summed E-state index contributed by atoms with van der Waals surface area (Å²) in [4.78, 5) is 19.3. The van der Waals surface area contributed by atoms with E-state index in [-0.39, 0.29) is 5.91 Å². The normalized spacial score (nSPS) is 15.5. The molecule has 1 aliphatic rings. The van der Waals surface area contributed by atoms with Crippen LogP contribution in [0.15, 0.2) is 30.5 Å². The molecule has 0 bridgehead atoms. The Morgan fingerprint density at radius 1 is 1.33 bits per heavy atom. The van der Waals surface area contributed by atoms with Gasteiger partial charge in [0.1, 0.15) is 0 Å². The molecule has 24 heavy (non-hydrogen) atoms. The van der Waals surface area contributed by atoms with E-state index in [0.29, 0.717) is 12.6 Å². The summed E-state index contributed by atoms with van der Waals surface area (Å²) in [6.07, 6.45) is 3.85. The fourth-order valence-corrected chi connectivity index (χ4v) is 3.46. The van der Waals surface area contributed by atoms with Crippen molar-refractivity contribution in [2.75, 3.05) is 20.1 Å². The van der Waals surface area contributed by atoms with Crippen molar-refractivity contribution in [1.29, 1.82) is 0 Å². The molecule has 0 aromatic carbocycles. The van der Waals surface area contributed by atoms with Crippen molar-refractivity contribution >= 4 is 5.91 Å². The first kappa shape index (κ1) is 16.7. The zero-order chi connectivity index (χ0) is 17.1. The van der Waals surface area contributed by atoms with E-state index in [1.807, 2.05) is 43.1 Å². The Hall–Kier alpha value is -2.14. The molecule has 1 N–H and O–H groups in total. The van der Waals surface area contributed by atoms with E-state index in [1.165, 1.54) is 0 Å². The van der Waals surface area contributed by atoms with E-state index in [0.717, 1.165) is 48.6 Å². The van der Waals surface area contributed by atoms with E-state index in [4.69, 9.17) is 0 Å². The third-order valence-corrected chi connectivity index (χ3v) is 5.03. The zero-order valence-electron chi connectivity index (χ0n) is 14.7. The fourth-order valence-electron chi connectivity index (χ4n) is 3.46. The topological polar surface area (TPSA) is 50.2 Å². The van der Waals surface area contributed by atoms with E-state index in [2.05, 4.69) is 21.8 Å². The molecule has 3 heterocycles. The van der Waals surface area contributed by atoms with Crippen molar-refractivity contribution in [2.45, 2.75) is 39.3 Å². The minimum absolute atomic E-state index is 0.127. The first-order valence-corrected chi connectivity index (χ1v) is 8.62. The molecule has 1 saturated heterocycles. The summed E-state index contributed by atoms with van der Waals surface area (Å²) in [6.45, 7) is 6.75. The highest BCUT2D eigenvalue weighted by Gasteiger charge is 2.25. The molecular formula is C19H26N4O. The number of amides is 1. The molecule has 0 spiro atoms. The molecule has 2 aromatic rings. The van der Waals surface area contributed by atoms with Crippen LogP contribution in [0.3, 0.4) is 0 Å². The van der Waals surface area contributed by atoms with Crippen molar-refractivity contribution in [2.24, 2.45) is 0 Å². The average molecular weight is 326 g/mol. The largest absolute Gasteiger partial charge is 0.342 e. The minimum atomic E-state index is 0.127. The fraction of sp³-hybridized carbons (Fsp3) is 0.474. The van der Waals surface area contributed by atoms with E-state index < -0.39 is 0 Å². The van der Waals surface area contributed by atoms with Crippen LogP contribution in [-0.2, 0) is 6.54 Å². The molecule has 0 unspecified atom stereocenters. The lowest BCUT2D eigenvalue weighted by molar-refractivity contribution is 0.0702. The van der Waals surface area contributed by atoms with Crippen LogP contribution in [0.1, 0.15) is 40.3 Å². The number of carbonyl (C=O) groups is 1. The predicted molar refractivity (Wildman–Crippen MR) is 95.2 cm³/mol. The molecule has 1 amide bonds. The number of aromatic nitrogens is 2. The molecule has 0 atom stereocenters. The lowest BCUT2D eigenvalue weighted by atomic mass is 10.0. The number of rotatable bonds is 4. The van der Waals surface area contributed by atoms with Crippen molar-refractivity contribution in [3.8, 4) is 0 Å². The summed E-state index contributed by atoms with van der Waals surface area (Å²) in [7, 11) is 1.93. The van der Waals surface area contributed by atoms with Gasteiger partial charge in [0.15, 0.2) is 0 Å². The molecule has 3 rings (SSSR count). The third-order valence-electron chi connectivity index (χ3n) is 5.03. The van der Waals surface area contributed by atoms with Crippen molar-refractivity contribution < 1.29 is 4.79 Å². The van der Waals surface area contributed by atoms with Gasteiger partial charge in [-0.15, -0.1) is 0 Å². The molecule has 128 valence electrons. The first-order valence-electron chi connectivity index (χ1n) is 8.62. The Labute approximate surface area is 143 Å². The van der Waals surface area contributed by atoms with E-state index >= 15 is 0 Å². The summed E-state index contributed by atoms with van der Waals surface area (Å²) in [5.41, 5.74) is 3.93. The zero-order valence-corrected chi connectivity index (χ0v) is 14.7. The Morgan fingerprint density at radius 2 is 2.08 bits per heavy atom. The number of aryl methyl sites for hydroxylation is 1. The van der Waals surface area contributed by atoms with Crippen LogP contribution < -0.4 is 5.32 Å². The van der Waals surface area contributed by atoms with Crippen LogP contribution in [0.2, 0.25) is 0 Å². The lowest BCUT2D eigenvalue weighted by Crippen LogP contribution is -2.44. The number of hydrogen-bond donors (Lipinski definition) is 1. The summed E-state index contributed by atoms with van der Waals surface area (Å²) < 4.78 is 2.17. The first-order chi connectivity index (χ1) is 11.6. The van der Waals surface area contributed by atoms with Crippen LogP contribution in [0.25, 0.3) is 0 Å². The van der Waals surface area contributed by atoms with Gasteiger partial charge in [-0.05, 0) is 58.0 Å². The molecule has 1 aliphatic heterocycles. The third kappa shape index (κ3) is 3.36. The summed E-state index contributed by atoms with van der Waals surface area (Å²) in [6, 6.07) is 8.27. The van der Waals surface area contributed by atoms with Gasteiger partial charge < -0.3 is 14.8 Å². The number of piperidine rings is 1. The van der Waals surface area contributed by atoms with Crippen LogP contribution in [0.5, 0.6) is 0 Å². The highest BCUT2D eigenvalue weighted by Crippen LogP contribution is 2.20. The van der Waals surface area contributed by atoms with Gasteiger partial charge in [0, 0.05) is 30.7 Å². The van der Waals surface area contributed by atoms with Gasteiger partial charge in [-0.3, -0.25) is 9.78 Å².